The summed E-state index contributed by atoms with van der Waals surface area (Å²) in [6.07, 6.45) is 3.74. The first-order chi connectivity index (χ1) is 15.2. The minimum Gasteiger partial charge on any atom is -0.356 e. The molecule has 0 spiro atoms. The van der Waals surface area contributed by atoms with Crippen LogP contribution in [0.25, 0.3) is 11.3 Å². The van der Waals surface area contributed by atoms with Gasteiger partial charge in [0.15, 0.2) is 0 Å². The molecule has 1 aliphatic rings. The molecule has 1 atom stereocenters. The number of rotatable bonds is 5. The van der Waals surface area contributed by atoms with Gasteiger partial charge in [-0.25, -0.2) is 9.97 Å². The summed E-state index contributed by atoms with van der Waals surface area (Å²) in [5.74, 6) is 1.87. The first kappa shape index (κ1) is 21.9. The van der Waals surface area contributed by atoms with Crippen molar-refractivity contribution in [1.82, 2.24) is 14.5 Å². The number of likely N-dealkylation sites (N-methyl/N-ethyl adjacent to an activating group) is 1. The molecule has 3 heterocycles. The predicted octanol–water partition coefficient (Wildman–Crippen LogP) is 5.16. The topological polar surface area (TPSA) is 66.3 Å². The molecule has 4 rings (SSSR count). The van der Waals surface area contributed by atoms with Gasteiger partial charge in [-0.05, 0) is 71.9 Å². The Hall–Kier alpha value is -3.35. The molecule has 1 N–H and O–H groups in total. The van der Waals surface area contributed by atoms with Crippen molar-refractivity contribution >= 4 is 28.8 Å². The number of anilines is 4. The lowest BCUT2D eigenvalue weighted by molar-refractivity contribution is -0.119. The van der Waals surface area contributed by atoms with Crippen molar-refractivity contribution in [2.24, 2.45) is 0 Å². The summed E-state index contributed by atoms with van der Waals surface area (Å²) in [7, 11) is 1.84. The van der Waals surface area contributed by atoms with Gasteiger partial charge in [0.2, 0.25) is 5.91 Å². The fourth-order valence-corrected chi connectivity index (χ4v) is 4.67. The molecule has 2 aromatic heterocycles. The predicted molar refractivity (Wildman–Crippen MR) is 131 cm³/mol. The Labute approximate surface area is 190 Å². The number of hydrogen-bond donors (Lipinski definition) is 1. The fraction of sp³-hybridized carbons (Fsp3) is 0.400. The lowest BCUT2D eigenvalue weighted by atomic mass is 10.0. The molecule has 0 bridgehead atoms. The van der Waals surface area contributed by atoms with Crippen molar-refractivity contribution in [3.8, 4) is 11.3 Å². The molecule has 1 aliphatic heterocycles. The second kappa shape index (κ2) is 8.30. The van der Waals surface area contributed by atoms with Crippen molar-refractivity contribution in [2.75, 3.05) is 22.2 Å². The van der Waals surface area contributed by atoms with Gasteiger partial charge in [-0.1, -0.05) is 0 Å². The SMILES string of the molecule is Cc1ncc(-c2ccnc(Nc3ccc4c(c3)N(C(C)C)C(C)C(=O)N4C)c2)n1C(C)C. The van der Waals surface area contributed by atoms with E-state index in [0.29, 0.717) is 6.04 Å². The van der Waals surface area contributed by atoms with Crippen molar-refractivity contribution in [3.63, 3.8) is 0 Å². The van der Waals surface area contributed by atoms with Gasteiger partial charge in [0.1, 0.15) is 17.7 Å². The maximum absolute atomic E-state index is 12.7. The zero-order chi connectivity index (χ0) is 23.2. The van der Waals surface area contributed by atoms with Crippen molar-refractivity contribution in [3.05, 3.63) is 48.5 Å². The van der Waals surface area contributed by atoms with Crippen LogP contribution in [0, 0.1) is 6.92 Å². The van der Waals surface area contributed by atoms with Gasteiger partial charge >= 0.3 is 0 Å². The molecule has 1 unspecified atom stereocenters. The third kappa shape index (κ3) is 3.72. The van der Waals surface area contributed by atoms with Crippen molar-refractivity contribution in [1.29, 1.82) is 0 Å². The summed E-state index contributed by atoms with van der Waals surface area (Å²) < 4.78 is 2.23. The van der Waals surface area contributed by atoms with Crippen molar-refractivity contribution in [2.45, 2.75) is 59.7 Å². The number of aromatic nitrogens is 3. The highest BCUT2D eigenvalue weighted by Gasteiger charge is 2.34. The van der Waals surface area contributed by atoms with E-state index < -0.39 is 0 Å². The van der Waals surface area contributed by atoms with Crippen LogP contribution in [0.2, 0.25) is 0 Å². The molecule has 0 fully saturated rings. The van der Waals surface area contributed by atoms with Crippen LogP contribution in [0.1, 0.15) is 46.5 Å². The number of nitrogens with one attached hydrogen (secondary N) is 1. The maximum Gasteiger partial charge on any atom is 0.249 e. The highest BCUT2D eigenvalue weighted by atomic mass is 16.2. The number of aryl methyl sites for hydroxylation is 1. The van der Waals surface area contributed by atoms with E-state index in [0.717, 1.165) is 40.0 Å². The van der Waals surface area contributed by atoms with Gasteiger partial charge in [-0.15, -0.1) is 0 Å². The molecule has 32 heavy (non-hydrogen) atoms. The molecule has 0 saturated carbocycles. The largest absolute Gasteiger partial charge is 0.356 e. The first-order valence-corrected chi connectivity index (χ1v) is 11.2. The lowest BCUT2D eigenvalue weighted by Gasteiger charge is -2.42. The van der Waals surface area contributed by atoms with Crippen LogP contribution in [-0.4, -0.2) is 39.6 Å². The smallest absolute Gasteiger partial charge is 0.249 e. The molecule has 0 saturated heterocycles. The Bertz CT molecular complexity index is 1150. The van der Waals surface area contributed by atoms with Crippen LogP contribution >= 0.6 is 0 Å². The number of fused-ring (bicyclic) bond motifs is 1. The van der Waals surface area contributed by atoms with Crippen LogP contribution in [-0.2, 0) is 4.79 Å². The molecule has 3 aromatic rings. The van der Waals surface area contributed by atoms with E-state index in [9.17, 15) is 4.79 Å². The Morgan fingerprint density at radius 3 is 2.44 bits per heavy atom. The quantitative estimate of drug-likeness (QED) is 0.603. The van der Waals surface area contributed by atoms with Gasteiger partial charge < -0.3 is 19.7 Å². The zero-order valence-corrected chi connectivity index (χ0v) is 19.9. The summed E-state index contributed by atoms with van der Waals surface area (Å²) in [4.78, 5) is 25.6. The Morgan fingerprint density at radius 1 is 1.00 bits per heavy atom. The number of carbonyl (C=O) groups is 1. The van der Waals surface area contributed by atoms with Crippen molar-refractivity contribution < 1.29 is 4.79 Å². The first-order valence-electron chi connectivity index (χ1n) is 11.2. The molecule has 168 valence electrons. The van der Waals surface area contributed by atoms with Gasteiger partial charge in [-0.2, -0.15) is 0 Å². The molecule has 7 nitrogen and oxygen atoms in total. The van der Waals surface area contributed by atoms with Crippen LogP contribution < -0.4 is 15.1 Å². The highest BCUT2D eigenvalue weighted by Crippen LogP contribution is 2.39. The number of benzene rings is 1. The summed E-state index contributed by atoms with van der Waals surface area (Å²) in [6, 6.07) is 10.5. The Morgan fingerprint density at radius 2 is 1.75 bits per heavy atom. The number of amides is 1. The Balaban J connectivity index is 1.68. The number of pyridine rings is 1. The molecule has 0 radical (unpaired) electrons. The normalized spacial score (nSPS) is 16.2. The third-order valence-electron chi connectivity index (χ3n) is 6.10. The fourth-order valence-electron chi connectivity index (χ4n) is 4.67. The Kier molecular flexibility index (Phi) is 5.67. The lowest BCUT2D eigenvalue weighted by Crippen LogP contribution is -2.53. The molecular weight excluding hydrogens is 400 g/mol. The van der Waals surface area contributed by atoms with Gasteiger partial charge in [0.25, 0.3) is 0 Å². The van der Waals surface area contributed by atoms with E-state index in [4.69, 9.17) is 0 Å². The minimum atomic E-state index is -0.205. The van der Waals surface area contributed by atoms with E-state index in [-0.39, 0.29) is 18.0 Å². The van der Waals surface area contributed by atoms with Crippen LogP contribution in [0.4, 0.5) is 22.9 Å². The summed E-state index contributed by atoms with van der Waals surface area (Å²) in [5, 5.41) is 3.45. The van der Waals surface area contributed by atoms with Gasteiger partial charge in [0.05, 0.1) is 23.3 Å². The number of hydrogen-bond acceptors (Lipinski definition) is 5. The zero-order valence-electron chi connectivity index (χ0n) is 19.9. The number of imidazole rings is 1. The van der Waals surface area contributed by atoms with E-state index >= 15 is 0 Å². The minimum absolute atomic E-state index is 0.110. The molecule has 7 heteroatoms. The summed E-state index contributed by atoms with van der Waals surface area (Å²) >= 11 is 0. The molecule has 1 amide bonds. The van der Waals surface area contributed by atoms with E-state index in [1.807, 2.05) is 57.6 Å². The van der Waals surface area contributed by atoms with Crippen LogP contribution in [0.3, 0.4) is 0 Å². The van der Waals surface area contributed by atoms with E-state index in [1.165, 1.54) is 0 Å². The monoisotopic (exact) mass is 432 g/mol. The van der Waals surface area contributed by atoms with E-state index in [1.54, 1.807) is 4.90 Å². The number of carbonyl (C=O) groups excluding carboxylic acids is 1. The molecule has 0 aliphatic carbocycles. The summed E-state index contributed by atoms with van der Waals surface area (Å²) in [5.41, 5.74) is 5.04. The van der Waals surface area contributed by atoms with Crippen LogP contribution in [0.5, 0.6) is 0 Å². The second-order valence-electron chi connectivity index (χ2n) is 8.99. The highest BCUT2D eigenvalue weighted by molar-refractivity contribution is 6.05. The van der Waals surface area contributed by atoms with E-state index in [2.05, 4.69) is 58.5 Å². The maximum atomic E-state index is 12.7. The van der Waals surface area contributed by atoms with Gasteiger partial charge in [-0.3, -0.25) is 4.79 Å². The second-order valence-corrected chi connectivity index (χ2v) is 8.99. The third-order valence-corrected chi connectivity index (χ3v) is 6.10. The number of nitrogens with zero attached hydrogens (tertiary/aromatic N) is 5. The molecule has 1 aromatic carbocycles. The summed E-state index contributed by atoms with van der Waals surface area (Å²) in [6.45, 7) is 12.5. The average molecular weight is 433 g/mol. The van der Waals surface area contributed by atoms with Gasteiger partial charge in [0, 0.05) is 36.6 Å². The van der Waals surface area contributed by atoms with Crippen LogP contribution in [0.15, 0.2) is 42.7 Å². The standard InChI is InChI=1S/C25H32N6O/c1-15(2)30-17(5)25(32)29(7)21-9-8-20(13-22(21)30)28-24-12-19(10-11-26-24)23-14-27-18(6)31(23)16(3)4/h8-17H,1-7H3,(H,26,28). The molecular formula is C25H32N6O. The average Bonchev–Trinajstić information content (AvgIpc) is 3.14.